The number of rotatable bonds is 3. The average molecular weight is 431 g/mol. The predicted molar refractivity (Wildman–Crippen MR) is 96.4 cm³/mol. The van der Waals surface area contributed by atoms with Gasteiger partial charge in [0, 0.05) is 26.2 Å². The highest BCUT2D eigenvalue weighted by atomic mass is 35.5. The Morgan fingerprint density at radius 2 is 1.79 bits per heavy atom. The summed E-state index contributed by atoms with van der Waals surface area (Å²) >= 11 is 5.86. The Labute approximate surface area is 164 Å². The lowest BCUT2D eigenvalue weighted by atomic mass is 10.2. The largest absolute Gasteiger partial charge is 0.416 e. The third-order valence-corrected chi connectivity index (χ3v) is 6.50. The van der Waals surface area contributed by atoms with Crippen LogP contribution < -0.4 is 4.90 Å². The van der Waals surface area contributed by atoms with Gasteiger partial charge in [0.15, 0.2) is 5.69 Å². The highest BCUT2D eigenvalue weighted by Crippen LogP contribution is 2.31. The summed E-state index contributed by atoms with van der Waals surface area (Å²) in [7, 11) is -4.06. The van der Waals surface area contributed by atoms with Crippen LogP contribution in [-0.2, 0) is 16.2 Å². The SMILES string of the molecule is N#Cc1nc(N2CCN(S(=O)(=O)c3cccc(C(F)(F)F)c3)CC2)ccc1Cl. The van der Waals surface area contributed by atoms with Gasteiger partial charge in [-0.2, -0.15) is 22.7 Å². The fourth-order valence-electron chi connectivity index (χ4n) is 2.83. The molecule has 1 aromatic carbocycles. The van der Waals surface area contributed by atoms with Crippen molar-refractivity contribution in [2.75, 3.05) is 31.1 Å². The topological polar surface area (TPSA) is 77.3 Å². The monoisotopic (exact) mass is 430 g/mol. The van der Waals surface area contributed by atoms with Crippen molar-refractivity contribution in [2.45, 2.75) is 11.1 Å². The van der Waals surface area contributed by atoms with E-state index in [2.05, 4.69) is 4.98 Å². The van der Waals surface area contributed by atoms with E-state index in [-0.39, 0.29) is 36.9 Å². The van der Waals surface area contributed by atoms with Crippen LogP contribution in [0.5, 0.6) is 0 Å². The van der Waals surface area contributed by atoms with Crippen molar-refractivity contribution in [1.29, 1.82) is 5.26 Å². The fourth-order valence-corrected chi connectivity index (χ4v) is 4.44. The summed E-state index contributed by atoms with van der Waals surface area (Å²) in [6.45, 7) is 0.699. The molecule has 0 bridgehead atoms. The molecule has 0 amide bonds. The van der Waals surface area contributed by atoms with Gasteiger partial charge in [0.1, 0.15) is 11.9 Å². The number of piperazine rings is 1. The van der Waals surface area contributed by atoms with Crippen LogP contribution in [0.4, 0.5) is 19.0 Å². The fraction of sp³-hybridized carbons (Fsp3) is 0.294. The molecule has 28 heavy (non-hydrogen) atoms. The van der Waals surface area contributed by atoms with E-state index in [0.29, 0.717) is 11.9 Å². The second-order valence-corrected chi connectivity index (χ2v) is 8.37. The molecular weight excluding hydrogens is 417 g/mol. The number of alkyl halides is 3. The van der Waals surface area contributed by atoms with E-state index in [1.807, 2.05) is 6.07 Å². The summed E-state index contributed by atoms with van der Waals surface area (Å²) in [5.74, 6) is 0.483. The van der Waals surface area contributed by atoms with Crippen molar-refractivity contribution < 1.29 is 21.6 Å². The molecule has 0 spiro atoms. The summed E-state index contributed by atoms with van der Waals surface area (Å²) in [6, 6.07) is 8.74. The Balaban J connectivity index is 1.77. The zero-order chi connectivity index (χ0) is 20.5. The number of anilines is 1. The maximum Gasteiger partial charge on any atom is 0.416 e. The molecule has 0 unspecified atom stereocenters. The van der Waals surface area contributed by atoms with E-state index in [1.165, 1.54) is 6.07 Å². The molecule has 11 heteroatoms. The average Bonchev–Trinajstić information content (AvgIpc) is 2.68. The van der Waals surface area contributed by atoms with Crippen LogP contribution in [0.2, 0.25) is 5.02 Å². The summed E-state index contributed by atoms with van der Waals surface area (Å²) in [6.07, 6.45) is -4.62. The van der Waals surface area contributed by atoms with E-state index in [1.54, 1.807) is 11.0 Å². The number of hydrogen-bond donors (Lipinski definition) is 0. The highest BCUT2D eigenvalue weighted by Gasteiger charge is 2.34. The normalized spacial score (nSPS) is 16.0. The van der Waals surface area contributed by atoms with E-state index >= 15 is 0 Å². The zero-order valence-corrected chi connectivity index (χ0v) is 15.9. The molecule has 6 nitrogen and oxygen atoms in total. The number of aromatic nitrogens is 1. The minimum absolute atomic E-state index is 0.0678. The van der Waals surface area contributed by atoms with Crippen LogP contribution in [0.25, 0.3) is 0 Å². The molecule has 2 heterocycles. The molecular formula is C17H14ClF3N4O2S. The van der Waals surface area contributed by atoms with E-state index < -0.39 is 26.7 Å². The van der Waals surface area contributed by atoms with Gasteiger partial charge in [-0.3, -0.25) is 0 Å². The summed E-state index contributed by atoms with van der Waals surface area (Å²) in [5, 5.41) is 9.23. The van der Waals surface area contributed by atoms with Gasteiger partial charge in [-0.15, -0.1) is 0 Å². The molecule has 0 aliphatic carbocycles. The van der Waals surface area contributed by atoms with Crippen molar-refractivity contribution in [3.05, 3.63) is 52.7 Å². The Morgan fingerprint density at radius 1 is 1.11 bits per heavy atom. The molecule has 0 radical (unpaired) electrons. The van der Waals surface area contributed by atoms with Crippen LogP contribution in [0.1, 0.15) is 11.3 Å². The lowest BCUT2D eigenvalue weighted by Crippen LogP contribution is -2.49. The predicted octanol–water partition coefficient (Wildman–Crippen LogP) is 3.14. The summed E-state index contributed by atoms with van der Waals surface area (Å²) < 4.78 is 65.2. The lowest BCUT2D eigenvalue weighted by Gasteiger charge is -2.34. The molecule has 1 aliphatic rings. The van der Waals surface area contributed by atoms with Crippen molar-refractivity contribution in [1.82, 2.24) is 9.29 Å². The van der Waals surface area contributed by atoms with Gasteiger partial charge in [-0.25, -0.2) is 13.4 Å². The van der Waals surface area contributed by atoms with Crippen molar-refractivity contribution in [2.24, 2.45) is 0 Å². The number of hydrogen-bond acceptors (Lipinski definition) is 5. The molecule has 148 valence electrons. The minimum Gasteiger partial charge on any atom is -0.354 e. The highest BCUT2D eigenvalue weighted by molar-refractivity contribution is 7.89. The number of halogens is 4. The van der Waals surface area contributed by atoms with Crippen LogP contribution in [0.15, 0.2) is 41.3 Å². The first-order chi connectivity index (χ1) is 13.1. The van der Waals surface area contributed by atoms with Crippen molar-refractivity contribution >= 4 is 27.4 Å². The smallest absolute Gasteiger partial charge is 0.354 e. The molecule has 3 rings (SSSR count). The standard InChI is InChI=1S/C17H14ClF3N4O2S/c18-14-4-5-16(23-15(14)11-22)24-6-8-25(9-7-24)28(26,27)13-3-1-2-12(10-13)17(19,20)21/h1-5,10H,6-9H2. The van der Waals surface area contributed by atoms with Crippen LogP contribution in [-0.4, -0.2) is 43.9 Å². The quantitative estimate of drug-likeness (QED) is 0.747. The van der Waals surface area contributed by atoms with Crippen molar-refractivity contribution in [3.63, 3.8) is 0 Å². The molecule has 0 atom stereocenters. The van der Waals surface area contributed by atoms with Gasteiger partial charge in [0.25, 0.3) is 0 Å². The second-order valence-electron chi connectivity index (χ2n) is 6.03. The molecule has 1 saturated heterocycles. The van der Waals surface area contributed by atoms with Gasteiger partial charge < -0.3 is 4.90 Å². The lowest BCUT2D eigenvalue weighted by molar-refractivity contribution is -0.137. The van der Waals surface area contributed by atoms with Gasteiger partial charge in [-0.05, 0) is 30.3 Å². The third-order valence-electron chi connectivity index (χ3n) is 4.30. The molecule has 1 aromatic heterocycles. The third kappa shape index (κ3) is 4.06. The Kier molecular flexibility index (Phi) is 5.52. The van der Waals surface area contributed by atoms with Gasteiger partial charge >= 0.3 is 6.18 Å². The van der Waals surface area contributed by atoms with Crippen LogP contribution in [0, 0.1) is 11.3 Å². The Morgan fingerprint density at radius 3 is 2.39 bits per heavy atom. The Hall–Kier alpha value is -2.35. The summed E-state index contributed by atoms with van der Waals surface area (Å²) in [5.41, 5.74) is -0.945. The van der Waals surface area contributed by atoms with Gasteiger partial charge in [0.2, 0.25) is 10.0 Å². The Bertz CT molecular complexity index is 1030. The molecule has 1 aliphatic heterocycles. The van der Waals surface area contributed by atoms with E-state index in [4.69, 9.17) is 16.9 Å². The first kappa shape index (κ1) is 20.4. The van der Waals surface area contributed by atoms with Crippen LogP contribution in [0.3, 0.4) is 0 Å². The van der Waals surface area contributed by atoms with E-state index in [9.17, 15) is 21.6 Å². The second kappa shape index (κ2) is 7.58. The number of nitriles is 1. The molecule has 2 aromatic rings. The first-order valence-corrected chi connectivity index (χ1v) is 9.94. The molecule has 0 saturated carbocycles. The van der Waals surface area contributed by atoms with Crippen molar-refractivity contribution in [3.8, 4) is 6.07 Å². The number of benzene rings is 1. The maximum absolute atomic E-state index is 12.9. The zero-order valence-electron chi connectivity index (χ0n) is 14.3. The number of nitrogens with zero attached hydrogens (tertiary/aromatic N) is 4. The maximum atomic E-state index is 12.9. The molecule has 1 fully saturated rings. The molecule has 0 N–H and O–H groups in total. The number of sulfonamides is 1. The van der Waals surface area contributed by atoms with Gasteiger partial charge in [-0.1, -0.05) is 17.7 Å². The number of pyridine rings is 1. The first-order valence-electron chi connectivity index (χ1n) is 8.12. The summed E-state index contributed by atoms with van der Waals surface area (Å²) in [4.78, 5) is 5.53. The minimum atomic E-state index is -4.62. The van der Waals surface area contributed by atoms with Crippen LogP contribution >= 0.6 is 11.6 Å². The van der Waals surface area contributed by atoms with Gasteiger partial charge in [0.05, 0.1) is 15.5 Å². The van der Waals surface area contributed by atoms with E-state index in [0.717, 1.165) is 22.5 Å².